The molecule has 0 aliphatic carbocycles. The maximum Gasteiger partial charge on any atom is 0.251 e. The molecule has 1 atom stereocenters. The maximum absolute atomic E-state index is 12.5. The fourth-order valence-corrected chi connectivity index (χ4v) is 4.12. The highest BCUT2D eigenvalue weighted by atomic mass is 32.2. The van der Waals surface area contributed by atoms with Gasteiger partial charge in [-0.1, -0.05) is 0 Å². The molecular weight excluding hydrogens is 278 g/mol. The number of benzene rings is 1. The number of sulfonamides is 1. The lowest BCUT2D eigenvalue weighted by molar-refractivity contribution is 0.0963. The average Bonchev–Trinajstić information content (AvgIpc) is 2.95. The van der Waals surface area contributed by atoms with Crippen LogP contribution in [0.4, 0.5) is 0 Å². The van der Waals surface area contributed by atoms with Crippen LogP contribution < -0.4 is 11.1 Å². The minimum absolute atomic E-state index is 0.126. The van der Waals surface area contributed by atoms with Crippen LogP contribution in [0.5, 0.6) is 0 Å². The molecule has 2 rings (SSSR count). The first-order valence-corrected chi connectivity index (χ1v) is 7.98. The van der Waals surface area contributed by atoms with Crippen LogP contribution >= 0.6 is 0 Å². The second-order valence-corrected chi connectivity index (χ2v) is 6.64. The third-order valence-electron chi connectivity index (χ3n) is 3.55. The van der Waals surface area contributed by atoms with E-state index < -0.39 is 10.0 Å². The fraction of sp³-hybridized carbons (Fsp3) is 0.462. The van der Waals surface area contributed by atoms with Crippen molar-refractivity contribution in [1.29, 1.82) is 0 Å². The maximum atomic E-state index is 12.5. The minimum Gasteiger partial charge on any atom is -0.355 e. The first-order valence-electron chi connectivity index (χ1n) is 6.54. The van der Waals surface area contributed by atoms with Gasteiger partial charge in [-0.25, -0.2) is 8.42 Å². The number of hydrogen-bond donors (Lipinski definition) is 2. The molecule has 1 aliphatic rings. The van der Waals surface area contributed by atoms with Crippen molar-refractivity contribution < 1.29 is 13.2 Å². The highest BCUT2D eigenvalue weighted by molar-refractivity contribution is 7.89. The Hall–Kier alpha value is -1.44. The number of nitrogens with zero attached hydrogens (tertiary/aromatic N) is 1. The molecule has 1 amide bonds. The van der Waals surface area contributed by atoms with Gasteiger partial charge in [-0.15, -0.1) is 0 Å². The Balaban J connectivity index is 2.28. The van der Waals surface area contributed by atoms with E-state index >= 15 is 0 Å². The molecule has 20 heavy (non-hydrogen) atoms. The van der Waals surface area contributed by atoms with Crippen molar-refractivity contribution in [3.8, 4) is 0 Å². The number of amides is 1. The third kappa shape index (κ3) is 2.70. The van der Waals surface area contributed by atoms with Crippen molar-refractivity contribution >= 4 is 15.9 Å². The molecule has 1 aromatic rings. The van der Waals surface area contributed by atoms with Gasteiger partial charge in [0.05, 0.1) is 4.90 Å². The summed E-state index contributed by atoms with van der Waals surface area (Å²) in [6.45, 7) is 0.830. The van der Waals surface area contributed by atoms with Gasteiger partial charge in [0.1, 0.15) is 0 Å². The van der Waals surface area contributed by atoms with Gasteiger partial charge in [0.15, 0.2) is 0 Å². The normalized spacial score (nSPS) is 20.0. The van der Waals surface area contributed by atoms with Gasteiger partial charge in [-0.3, -0.25) is 4.79 Å². The Morgan fingerprint density at radius 1 is 1.40 bits per heavy atom. The summed E-state index contributed by atoms with van der Waals surface area (Å²) in [4.78, 5) is 11.6. The Morgan fingerprint density at radius 2 is 2.05 bits per heavy atom. The molecule has 0 radical (unpaired) electrons. The summed E-state index contributed by atoms with van der Waals surface area (Å²) in [5, 5.41) is 2.50. The quantitative estimate of drug-likeness (QED) is 0.828. The molecule has 0 aromatic heterocycles. The lowest BCUT2D eigenvalue weighted by atomic mass is 10.2. The molecular formula is C13H19N3O3S. The zero-order valence-corrected chi connectivity index (χ0v) is 12.2. The number of nitrogens with one attached hydrogen (secondary N) is 1. The van der Waals surface area contributed by atoms with Gasteiger partial charge >= 0.3 is 0 Å². The zero-order chi connectivity index (χ0) is 14.8. The molecule has 1 aromatic carbocycles. The molecule has 110 valence electrons. The first-order chi connectivity index (χ1) is 9.50. The van der Waals surface area contributed by atoms with E-state index in [1.807, 2.05) is 0 Å². The second-order valence-electron chi connectivity index (χ2n) is 4.75. The van der Waals surface area contributed by atoms with Crippen LogP contribution in [-0.4, -0.2) is 44.8 Å². The predicted molar refractivity (Wildman–Crippen MR) is 75.8 cm³/mol. The fourth-order valence-electron chi connectivity index (χ4n) is 2.42. The van der Waals surface area contributed by atoms with Gasteiger partial charge in [0.2, 0.25) is 10.0 Å². The van der Waals surface area contributed by atoms with Crippen molar-refractivity contribution in [3.63, 3.8) is 0 Å². The monoisotopic (exact) mass is 297 g/mol. The van der Waals surface area contributed by atoms with Gasteiger partial charge < -0.3 is 11.1 Å². The predicted octanol–water partition coefficient (Wildman–Crippen LogP) is 0.158. The van der Waals surface area contributed by atoms with Crippen LogP contribution in [0.15, 0.2) is 29.2 Å². The molecule has 1 saturated heterocycles. The van der Waals surface area contributed by atoms with E-state index in [1.165, 1.54) is 35.6 Å². The van der Waals surface area contributed by atoms with Gasteiger partial charge in [-0.05, 0) is 37.1 Å². The summed E-state index contributed by atoms with van der Waals surface area (Å²) in [6, 6.07) is 5.83. The van der Waals surface area contributed by atoms with Gasteiger partial charge in [-0.2, -0.15) is 4.31 Å². The summed E-state index contributed by atoms with van der Waals surface area (Å²) < 4.78 is 26.5. The van der Waals surface area contributed by atoms with E-state index in [2.05, 4.69) is 5.32 Å². The van der Waals surface area contributed by atoms with Gasteiger partial charge in [0, 0.05) is 31.7 Å². The molecule has 1 fully saturated rings. The third-order valence-corrected chi connectivity index (χ3v) is 5.51. The van der Waals surface area contributed by atoms with Crippen molar-refractivity contribution in [1.82, 2.24) is 9.62 Å². The van der Waals surface area contributed by atoms with Crippen molar-refractivity contribution in [3.05, 3.63) is 29.8 Å². The Labute approximate surface area is 119 Å². The summed E-state index contributed by atoms with van der Waals surface area (Å²) >= 11 is 0. The van der Waals surface area contributed by atoms with E-state index in [4.69, 9.17) is 5.73 Å². The summed E-state index contributed by atoms with van der Waals surface area (Å²) in [5.74, 6) is -0.241. The SMILES string of the molecule is CNC(=O)c1ccc(S(=O)(=O)N2CCCC2CN)cc1. The van der Waals surface area contributed by atoms with E-state index in [0.29, 0.717) is 18.7 Å². The van der Waals surface area contributed by atoms with Crippen molar-refractivity contribution in [2.24, 2.45) is 5.73 Å². The smallest absolute Gasteiger partial charge is 0.251 e. The Morgan fingerprint density at radius 3 is 2.60 bits per heavy atom. The van der Waals surface area contributed by atoms with Crippen LogP contribution in [0.1, 0.15) is 23.2 Å². The standard InChI is InChI=1S/C13H19N3O3S/c1-15-13(17)10-4-6-12(7-5-10)20(18,19)16-8-2-3-11(16)9-14/h4-7,11H,2-3,8-9,14H2,1H3,(H,15,17). The molecule has 0 spiro atoms. The molecule has 7 heteroatoms. The number of hydrogen-bond acceptors (Lipinski definition) is 4. The summed E-state index contributed by atoms with van der Waals surface area (Å²) in [5.41, 5.74) is 6.06. The zero-order valence-electron chi connectivity index (χ0n) is 11.4. The largest absolute Gasteiger partial charge is 0.355 e. The first kappa shape index (κ1) is 15.0. The Kier molecular flexibility index (Phi) is 4.42. The highest BCUT2D eigenvalue weighted by Crippen LogP contribution is 2.25. The minimum atomic E-state index is -3.53. The molecule has 0 bridgehead atoms. The lowest BCUT2D eigenvalue weighted by Gasteiger charge is -2.22. The van der Waals surface area contributed by atoms with Crippen LogP contribution in [0.25, 0.3) is 0 Å². The molecule has 3 N–H and O–H groups in total. The highest BCUT2D eigenvalue weighted by Gasteiger charge is 2.34. The molecule has 1 heterocycles. The van der Waals surface area contributed by atoms with Crippen LogP contribution in [0, 0.1) is 0 Å². The molecule has 1 aliphatic heterocycles. The molecule has 6 nitrogen and oxygen atoms in total. The lowest BCUT2D eigenvalue weighted by Crippen LogP contribution is -2.39. The number of rotatable bonds is 4. The number of nitrogens with two attached hydrogens (primary N) is 1. The van der Waals surface area contributed by atoms with E-state index in [-0.39, 0.29) is 16.8 Å². The summed E-state index contributed by atoms with van der Waals surface area (Å²) in [7, 11) is -2.00. The number of carbonyl (C=O) groups excluding carboxylic acids is 1. The van der Waals surface area contributed by atoms with E-state index in [9.17, 15) is 13.2 Å². The van der Waals surface area contributed by atoms with Crippen LogP contribution in [-0.2, 0) is 10.0 Å². The van der Waals surface area contributed by atoms with Crippen LogP contribution in [0.3, 0.4) is 0 Å². The topological polar surface area (TPSA) is 92.5 Å². The summed E-state index contributed by atoms with van der Waals surface area (Å²) in [6.07, 6.45) is 1.63. The van der Waals surface area contributed by atoms with E-state index in [1.54, 1.807) is 0 Å². The van der Waals surface area contributed by atoms with Crippen LogP contribution in [0.2, 0.25) is 0 Å². The van der Waals surface area contributed by atoms with Gasteiger partial charge in [0.25, 0.3) is 5.91 Å². The Bertz CT molecular complexity index is 583. The van der Waals surface area contributed by atoms with E-state index in [0.717, 1.165) is 12.8 Å². The molecule has 0 saturated carbocycles. The number of carbonyl (C=O) groups is 1. The average molecular weight is 297 g/mol. The van der Waals surface area contributed by atoms with Crippen molar-refractivity contribution in [2.45, 2.75) is 23.8 Å². The molecule has 1 unspecified atom stereocenters. The van der Waals surface area contributed by atoms with Crippen molar-refractivity contribution in [2.75, 3.05) is 20.1 Å². The second kappa shape index (κ2) is 5.90.